The van der Waals surface area contributed by atoms with Crippen molar-refractivity contribution >= 4 is 0 Å². The van der Waals surface area contributed by atoms with Crippen LogP contribution in [-0.4, -0.2) is 6.61 Å². The van der Waals surface area contributed by atoms with Crippen molar-refractivity contribution in [1.29, 1.82) is 5.26 Å². The van der Waals surface area contributed by atoms with Crippen LogP contribution in [-0.2, 0) is 19.5 Å². The number of halogens is 1. The molecule has 0 aromatic heterocycles. The summed E-state index contributed by atoms with van der Waals surface area (Å²) in [5.41, 5.74) is 0.600. The SMILES string of the molecule is CC(C)COc1ccccc1C#N.[I-].[Zn+2]. The molecule has 0 bridgehead atoms. The normalized spacial score (nSPS) is 8.40. The third-order valence-corrected chi connectivity index (χ3v) is 1.58. The number of hydrogen-bond donors (Lipinski definition) is 0. The van der Waals surface area contributed by atoms with Gasteiger partial charge in [-0.3, -0.25) is 0 Å². The van der Waals surface area contributed by atoms with Crippen LogP contribution in [0.5, 0.6) is 5.75 Å². The topological polar surface area (TPSA) is 33.0 Å². The monoisotopic (exact) mass is 366 g/mol. The van der Waals surface area contributed by atoms with E-state index in [1.54, 1.807) is 6.07 Å². The fraction of sp³-hybridized carbons (Fsp3) is 0.364. The number of nitriles is 1. The number of benzene rings is 1. The molecule has 0 saturated heterocycles. The molecule has 4 heteroatoms. The summed E-state index contributed by atoms with van der Waals surface area (Å²) in [6.45, 7) is 4.81. The molecule has 0 N–H and O–H groups in total. The molecule has 1 aromatic carbocycles. The summed E-state index contributed by atoms with van der Waals surface area (Å²) in [5, 5.41) is 8.75. The Hall–Kier alpha value is -0.137. The first kappa shape index (κ1) is 17.3. The van der Waals surface area contributed by atoms with Gasteiger partial charge in [0.2, 0.25) is 0 Å². The Balaban J connectivity index is 0. The smallest absolute Gasteiger partial charge is 1.00 e. The minimum atomic E-state index is 0. The van der Waals surface area contributed by atoms with E-state index in [9.17, 15) is 0 Å². The minimum Gasteiger partial charge on any atom is -1.00 e. The second kappa shape index (κ2) is 9.12. The predicted molar refractivity (Wildman–Crippen MR) is 51.5 cm³/mol. The van der Waals surface area contributed by atoms with E-state index in [1.165, 1.54) is 0 Å². The molecule has 0 heterocycles. The summed E-state index contributed by atoms with van der Waals surface area (Å²) >= 11 is 0. The standard InChI is InChI=1S/C11H13NO.HI.Zn/c1-9(2)8-13-11-6-4-3-5-10(11)7-12;;/h3-6,9H,8H2,1-2H3;1H;/q;;+2/p-1. The molecule has 0 fully saturated rings. The molecule has 0 aliphatic carbocycles. The predicted octanol–water partition coefficient (Wildman–Crippen LogP) is -0.405. The Morgan fingerprint density at radius 3 is 2.47 bits per heavy atom. The summed E-state index contributed by atoms with van der Waals surface area (Å²) in [4.78, 5) is 0. The van der Waals surface area contributed by atoms with Crippen LogP contribution in [0, 0.1) is 17.2 Å². The van der Waals surface area contributed by atoms with E-state index in [-0.39, 0.29) is 43.5 Å². The van der Waals surface area contributed by atoms with Crippen LogP contribution in [0.2, 0.25) is 0 Å². The number of hydrogen-bond acceptors (Lipinski definition) is 2. The molecular formula is C11H13INOZn+. The molecule has 0 aliphatic heterocycles. The molecule has 0 saturated carbocycles. The van der Waals surface area contributed by atoms with Crippen molar-refractivity contribution < 1.29 is 48.2 Å². The Kier molecular flexibility index (Phi) is 10.5. The van der Waals surface area contributed by atoms with E-state index in [1.807, 2.05) is 18.2 Å². The van der Waals surface area contributed by atoms with Crippen LogP contribution in [0.25, 0.3) is 0 Å². The van der Waals surface area contributed by atoms with Gasteiger partial charge in [0.05, 0.1) is 12.2 Å². The van der Waals surface area contributed by atoms with Crippen molar-refractivity contribution in [3.8, 4) is 11.8 Å². The maximum atomic E-state index is 8.75. The first-order valence-corrected chi connectivity index (χ1v) is 4.36. The van der Waals surface area contributed by atoms with Gasteiger partial charge in [0.25, 0.3) is 0 Å². The average Bonchev–Trinajstić information content (AvgIpc) is 2.15. The van der Waals surface area contributed by atoms with Gasteiger partial charge >= 0.3 is 19.5 Å². The van der Waals surface area contributed by atoms with E-state index >= 15 is 0 Å². The molecule has 0 amide bonds. The first-order chi connectivity index (χ1) is 6.24. The molecular weight excluding hydrogens is 354 g/mol. The summed E-state index contributed by atoms with van der Waals surface area (Å²) in [7, 11) is 0. The fourth-order valence-electron chi connectivity index (χ4n) is 0.941. The van der Waals surface area contributed by atoms with E-state index in [2.05, 4.69) is 19.9 Å². The number of para-hydroxylation sites is 1. The van der Waals surface area contributed by atoms with Crippen molar-refractivity contribution in [3.63, 3.8) is 0 Å². The van der Waals surface area contributed by atoms with Crippen molar-refractivity contribution in [2.45, 2.75) is 13.8 Å². The zero-order valence-electron chi connectivity index (χ0n) is 9.03. The van der Waals surface area contributed by atoms with E-state index < -0.39 is 0 Å². The Morgan fingerprint density at radius 1 is 1.33 bits per heavy atom. The number of nitrogens with zero attached hydrogens (tertiary/aromatic N) is 1. The molecule has 0 unspecified atom stereocenters. The second-order valence-electron chi connectivity index (χ2n) is 3.31. The molecule has 0 radical (unpaired) electrons. The van der Waals surface area contributed by atoms with Gasteiger partial charge in [-0.1, -0.05) is 26.0 Å². The van der Waals surface area contributed by atoms with Gasteiger partial charge in [-0.2, -0.15) is 5.26 Å². The molecule has 2 nitrogen and oxygen atoms in total. The Labute approximate surface area is 121 Å². The van der Waals surface area contributed by atoms with Crippen LogP contribution in [0.15, 0.2) is 24.3 Å². The minimum absolute atomic E-state index is 0. The summed E-state index contributed by atoms with van der Waals surface area (Å²) in [6.07, 6.45) is 0. The van der Waals surface area contributed by atoms with Gasteiger partial charge in [0.15, 0.2) is 0 Å². The van der Waals surface area contributed by atoms with Crippen molar-refractivity contribution in [2.75, 3.05) is 6.61 Å². The van der Waals surface area contributed by atoms with Gasteiger partial charge in [-0.25, -0.2) is 0 Å². The average molecular weight is 368 g/mol. The summed E-state index contributed by atoms with van der Waals surface area (Å²) < 4.78 is 5.47. The van der Waals surface area contributed by atoms with E-state index in [0.717, 1.165) is 0 Å². The molecule has 0 atom stereocenters. The maximum absolute atomic E-state index is 8.75. The molecule has 15 heavy (non-hydrogen) atoms. The van der Waals surface area contributed by atoms with Gasteiger partial charge in [0.1, 0.15) is 11.8 Å². The zero-order valence-corrected chi connectivity index (χ0v) is 14.2. The molecule has 0 spiro atoms. The zero-order chi connectivity index (χ0) is 9.68. The maximum Gasteiger partial charge on any atom is 2.00 e. The van der Waals surface area contributed by atoms with Gasteiger partial charge in [-0.05, 0) is 18.1 Å². The first-order valence-electron chi connectivity index (χ1n) is 4.36. The van der Waals surface area contributed by atoms with Crippen LogP contribution in [0.1, 0.15) is 19.4 Å². The fourth-order valence-corrected chi connectivity index (χ4v) is 0.941. The molecule has 0 aliphatic rings. The third-order valence-electron chi connectivity index (χ3n) is 1.58. The Bertz CT molecular complexity index is 323. The van der Waals surface area contributed by atoms with E-state index in [0.29, 0.717) is 23.8 Å². The molecule has 1 aromatic rings. The van der Waals surface area contributed by atoms with Crippen LogP contribution >= 0.6 is 0 Å². The summed E-state index contributed by atoms with van der Waals surface area (Å²) in [6, 6.07) is 9.38. The van der Waals surface area contributed by atoms with Gasteiger partial charge < -0.3 is 28.7 Å². The van der Waals surface area contributed by atoms with Crippen LogP contribution in [0.4, 0.5) is 0 Å². The number of ether oxygens (including phenoxy) is 1. The van der Waals surface area contributed by atoms with Crippen LogP contribution in [0.3, 0.4) is 0 Å². The Morgan fingerprint density at radius 2 is 1.93 bits per heavy atom. The van der Waals surface area contributed by atoms with Crippen LogP contribution < -0.4 is 28.7 Å². The van der Waals surface area contributed by atoms with Crippen molar-refractivity contribution in [3.05, 3.63) is 29.8 Å². The molecule has 76 valence electrons. The summed E-state index contributed by atoms with van der Waals surface area (Å²) in [5.74, 6) is 1.16. The van der Waals surface area contributed by atoms with Crippen molar-refractivity contribution in [1.82, 2.24) is 0 Å². The second-order valence-corrected chi connectivity index (χ2v) is 3.31. The largest absolute Gasteiger partial charge is 2.00 e. The van der Waals surface area contributed by atoms with Crippen molar-refractivity contribution in [2.24, 2.45) is 5.92 Å². The van der Waals surface area contributed by atoms with Gasteiger partial charge in [0, 0.05) is 0 Å². The van der Waals surface area contributed by atoms with E-state index in [4.69, 9.17) is 10.00 Å². The van der Waals surface area contributed by atoms with Gasteiger partial charge in [-0.15, -0.1) is 0 Å². The molecule has 1 rings (SSSR count). The quantitative estimate of drug-likeness (QED) is 0.538. The number of rotatable bonds is 3. The third kappa shape index (κ3) is 6.11.